The highest BCUT2D eigenvalue weighted by molar-refractivity contribution is 6.40. The maximum Gasteiger partial charge on any atom is 0.310 e. The van der Waals surface area contributed by atoms with Gasteiger partial charge in [-0.2, -0.15) is 0 Å². The van der Waals surface area contributed by atoms with Crippen molar-refractivity contribution in [1.29, 1.82) is 0 Å². The van der Waals surface area contributed by atoms with Crippen molar-refractivity contribution < 1.29 is 18.7 Å². The quantitative estimate of drug-likeness (QED) is 0.576. The van der Waals surface area contributed by atoms with Gasteiger partial charge in [0.15, 0.2) is 5.58 Å². The zero-order chi connectivity index (χ0) is 19.6. The van der Waals surface area contributed by atoms with Crippen molar-refractivity contribution in [2.45, 2.75) is 20.3 Å². The number of esters is 1. The minimum Gasteiger partial charge on any atom is -0.466 e. The van der Waals surface area contributed by atoms with E-state index in [9.17, 15) is 9.59 Å². The Hall–Kier alpha value is -2.50. The Morgan fingerprint density at radius 3 is 2.44 bits per heavy atom. The van der Waals surface area contributed by atoms with Crippen LogP contribution < -0.4 is 5.32 Å². The monoisotopic (exact) mass is 405 g/mol. The van der Waals surface area contributed by atoms with E-state index in [0.29, 0.717) is 23.6 Å². The molecule has 140 valence electrons. The topological polar surface area (TPSA) is 68.5 Å². The van der Waals surface area contributed by atoms with Gasteiger partial charge in [-0.15, -0.1) is 0 Å². The summed E-state index contributed by atoms with van der Waals surface area (Å²) in [5.74, 6) is -0.185. The molecule has 0 bridgehead atoms. The van der Waals surface area contributed by atoms with Gasteiger partial charge in [-0.3, -0.25) is 9.59 Å². The predicted molar refractivity (Wildman–Crippen MR) is 106 cm³/mol. The second-order valence-corrected chi connectivity index (χ2v) is 6.67. The summed E-state index contributed by atoms with van der Waals surface area (Å²) in [5, 5.41) is 4.03. The number of furan rings is 1. The van der Waals surface area contributed by atoms with E-state index in [1.807, 2.05) is 6.07 Å². The Morgan fingerprint density at radius 2 is 1.78 bits per heavy atom. The van der Waals surface area contributed by atoms with Crippen molar-refractivity contribution in [2.75, 3.05) is 11.9 Å². The van der Waals surface area contributed by atoms with Crippen LogP contribution in [0.3, 0.4) is 0 Å². The van der Waals surface area contributed by atoms with Crippen LogP contribution in [0.25, 0.3) is 11.0 Å². The second kappa shape index (κ2) is 8.03. The molecule has 0 atom stereocenters. The third-order valence-electron chi connectivity index (χ3n) is 4.08. The number of halogens is 2. The zero-order valence-electron chi connectivity index (χ0n) is 14.8. The molecule has 1 N–H and O–H groups in total. The van der Waals surface area contributed by atoms with Crippen LogP contribution in [0.4, 0.5) is 5.69 Å². The summed E-state index contributed by atoms with van der Waals surface area (Å²) in [6, 6.07) is 10.2. The molecular weight excluding hydrogens is 389 g/mol. The molecule has 0 fully saturated rings. The van der Waals surface area contributed by atoms with Crippen molar-refractivity contribution in [1.82, 2.24) is 0 Å². The molecule has 27 heavy (non-hydrogen) atoms. The standard InChI is InChI=1S/C20H17Cl2NO4/c1-3-26-17(24)10-13-11(2)27-19-12(13)6-4-9-16(19)23-20(25)18-14(21)7-5-8-15(18)22/h4-9H,3,10H2,1-2H3,(H,23,25). The molecule has 0 spiro atoms. The lowest BCUT2D eigenvalue weighted by atomic mass is 10.1. The molecule has 0 aliphatic rings. The molecule has 0 unspecified atom stereocenters. The van der Waals surface area contributed by atoms with Gasteiger partial charge in [-0.25, -0.2) is 0 Å². The maximum absolute atomic E-state index is 12.7. The fraction of sp³-hybridized carbons (Fsp3) is 0.200. The van der Waals surface area contributed by atoms with Gasteiger partial charge in [0.25, 0.3) is 5.91 Å². The van der Waals surface area contributed by atoms with E-state index in [4.69, 9.17) is 32.4 Å². The number of carbonyl (C=O) groups is 2. The molecule has 0 aliphatic carbocycles. The number of para-hydroxylation sites is 1. The lowest BCUT2D eigenvalue weighted by molar-refractivity contribution is -0.142. The summed E-state index contributed by atoms with van der Waals surface area (Å²) in [6.07, 6.45) is 0.0976. The molecule has 0 aliphatic heterocycles. The van der Waals surface area contributed by atoms with Crippen molar-refractivity contribution in [3.63, 3.8) is 0 Å². The molecule has 1 aromatic heterocycles. The van der Waals surface area contributed by atoms with E-state index in [1.54, 1.807) is 44.2 Å². The highest BCUT2D eigenvalue weighted by Crippen LogP contribution is 2.33. The minimum atomic E-state index is -0.445. The number of nitrogens with one attached hydrogen (secondary N) is 1. The van der Waals surface area contributed by atoms with Crippen LogP contribution in [0, 0.1) is 6.92 Å². The van der Waals surface area contributed by atoms with Crippen LogP contribution in [0.5, 0.6) is 0 Å². The largest absolute Gasteiger partial charge is 0.466 e. The summed E-state index contributed by atoms with van der Waals surface area (Å²) < 4.78 is 10.8. The zero-order valence-corrected chi connectivity index (χ0v) is 16.3. The fourth-order valence-corrected chi connectivity index (χ4v) is 3.43. The number of benzene rings is 2. The van der Waals surface area contributed by atoms with Crippen LogP contribution in [-0.4, -0.2) is 18.5 Å². The number of anilines is 1. The van der Waals surface area contributed by atoms with Crippen LogP contribution >= 0.6 is 23.2 Å². The fourth-order valence-electron chi connectivity index (χ4n) is 2.86. The van der Waals surface area contributed by atoms with Gasteiger partial charge in [-0.1, -0.05) is 41.4 Å². The third kappa shape index (κ3) is 3.94. The van der Waals surface area contributed by atoms with Gasteiger partial charge in [0.05, 0.1) is 34.3 Å². The van der Waals surface area contributed by atoms with Gasteiger partial charge in [-0.05, 0) is 32.0 Å². The van der Waals surface area contributed by atoms with Crippen LogP contribution in [-0.2, 0) is 16.0 Å². The van der Waals surface area contributed by atoms with Gasteiger partial charge >= 0.3 is 5.97 Å². The number of rotatable bonds is 5. The number of hydrogen-bond donors (Lipinski definition) is 1. The molecular formula is C20H17Cl2NO4. The Kier molecular flexibility index (Phi) is 5.73. The number of amides is 1. The first-order valence-corrected chi connectivity index (χ1v) is 9.10. The first-order valence-electron chi connectivity index (χ1n) is 8.34. The van der Waals surface area contributed by atoms with Gasteiger partial charge in [0.2, 0.25) is 0 Å². The smallest absolute Gasteiger partial charge is 0.310 e. The molecule has 5 nitrogen and oxygen atoms in total. The number of ether oxygens (including phenoxy) is 1. The molecule has 3 aromatic rings. The SMILES string of the molecule is CCOC(=O)Cc1c(C)oc2c(NC(=O)c3c(Cl)cccc3Cl)cccc12. The summed E-state index contributed by atoms with van der Waals surface area (Å²) >= 11 is 12.2. The van der Waals surface area contributed by atoms with Crippen molar-refractivity contribution in [3.05, 3.63) is 63.3 Å². The molecule has 7 heteroatoms. The second-order valence-electron chi connectivity index (χ2n) is 5.85. The number of hydrogen-bond acceptors (Lipinski definition) is 4. The van der Waals surface area contributed by atoms with Crippen molar-refractivity contribution in [2.24, 2.45) is 0 Å². The third-order valence-corrected chi connectivity index (χ3v) is 4.71. The Labute approximate surface area is 166 Å². The van der Waals surface area contributed by atoms with Gasteiger partial charge in [0.1, 0.15) is 5.76 Å². The van der Waals surface area contributed by atoms with Crippen LogP contribution in [0.1, 0.15) is 28.6 Å². The first-order chi connectivity index (χ1) is 12.9. The first kappa shape index (κ1) is 19.3. The molecule has 1 amide bonds. The van der Waals surface area contributed by atoms with E-state index in [0.717, 1.165) is 10.9 Å². The minimum absolute atomic E-state index is 0.0976. The Morgan fingerprint density at radius 1 is 1.11 bits per heavy atom. The summed E-state index contributed by atoms with van der Waals surface area (Å²) in [4.78, 5) is 24.5. The Balaban J connectivity index is 1.96. The molecule has 0 saturated heterocycles. The van der Waals surface area contributed by atoms with E-state index in [2.05, 4.69) is 5.32 Å². The summed E-state index contributed by atoms with van der Waals surface area (Å²) in [6.45, 7) is 3.84. The lowest BCUT2D eigenvalue weighted by Gasteiger charge is -2.09. The highest BCUT2D eigenvalue weighted by Gasteiger charge is 2.20. The average molecular weight is 406 g/mol. The predicted octanol–water partition coefficient (Wildman–Crippen LogP) is 5.41. The maximum atomic E-state index is 12.7. The van der Waals surface area contributed by atoms with E-state index in [1.165, 1.54) is 0 Å². The number of fused-ring (bicyclic) bond motifs is 1. The summed E-state index contributed by atoms with van der Waals surface area (Å²) in [5.41, 5.74) is 1.86. The highest BCUT2D eigenvalue weighted by atomic mass is 35.5. The Bertz CT molecular complexity index is 1010. The van der Waals surface area contributed by atoms with E-state index >= 15 is 0 Å². The average Bonchev–Trinajstić information content (AvgIpc) is 2.92. The number of carbonyl (C=O) groups excluding carboxylic acids is 2. The van der Waals surface area contributed by atoms with Crippen LogP contribution in [0.2, 0.25) is 10.0 Å². The molecule has 2 aromatic carbocycles. The van der Waals surface area contributed by atoms with E-state index in [-0.39, 0.29) is 28.0 Å². The normalized spacial score (nSPS) is 10.8. The van der Waals surface area contributed by atoms with Crippen LogP contribution in [0.15, 0.2) is 40.8 Å². The van der Waals surface area contributed by atoms with Gasteiger partial charge < -0.3 is 14.5 Å². The van der Waals surface area contributed by atoms with Crippen molar-refractivity contribution in [3.8, 4) is 0 Å². The molecule has 0 saturated carbocycles. The van der Waals surface area contributed by atoms with E-state index < -0.39 is 5.91 Å². The molecule has 0 radical (unpaired) electrons. The lowest BCUT2D eigenvalue weighted by Crippen LogP contribution is -2.13. The number of aryl methyl sites for hydroxylation is 1. The molecule has 1 heterocycles. The van der Waals surface area contributed by atoms with Crippen molar-refractivity contribution >= 4 is 51.7 Å². The molecule has 3 rings (SSSR count). The van der Waals surface area contributed by atoms with Gasteiger partial charge in [0, 0.05) is 10.9 Å². The summed E-state index contributed by atoms with van der Waals surface area (Å²) in [7, 11) is 0.